The lowest BCUT2D eigenvalue weighted by Crippen LogP contribution is -1.93. The highest BCUT2D eigenvalue weighted by molar-refractivity contribution is 5.82. The zero-order valence-corrected chi connectivity index (χ0v) is 10.8. The molecule has 0 N–H and O–H groups in total. The normalized spacial score (nSPS) is 11.6. The number of aryl methyl sites for hydroxylation is 1. The molecule has 1 aromatic carbocycles. The topological polar surface area (TPSA) is 0 Å². The molecular weight excluding hydrogens is 204 g/mol. The van der Waals surface area contributed by atoms with Gasteiger partial charge in [-0.1, -0.05) is 63.1 Å². The molecule has 0 nitrogen and oxygen atoms in total. The minimum atomic E-state index is 0.940. The second-order valence-electron chi connectivity index (χ2n) is 3.99. The highest BCUT2D eigenvalue weighted by Gasteiger charge is 2.08. The Morgan fingerprint density at radius 3 is 2.29 bits per heavy atom. The first-order valence-corrected chi connectivity index (χ1v) is 5.89. The molecule has 0 heterocycles. The molecule has 0 spiro atoms. The van der Waals surface area contributed by atoms with Gasteiger partial charge in [0, 0.05) is 0 Å². The van der Waals surface area contributed by atoms with Crippen molar-refractivity contribution in [3.05, 3.63) is 78.4 Å². The van der Waals surface area contributed by atoms with E-state index in [0.29, 0.717) is 0 Å². The maximum Gasteiger partial charge on any atom is -0.0155 e. The van der Waals surface area contributed by atoms with Crippen LogP contribution >= 0.6 is 0 Å². The van der Waals surface area contributed by atoms with Gasteiger partial charge in [0.1, 0.15) is 0 Å². The summed E-state index contributed by atoms with van der Waals surface area (Å²) < 4.78 is 0. The maximum atomic E-state index is 4.20. The minimum absolute atomic E-state index is 0.940. The fourth-order valence-electron chi connectivity index (χ4n) is 1.95. The Balaban J connectivity index is 3.29. The van der Waals surface area contributed by atoms with Crippen LogP contribution in [0, 0.1) is 6.92 Å². The molecule has 0 atom stereocenters. The van der Waals surface area contributed by atoms with Crippen molar-refractivity contribution in [3.63, 3.8) is 0 Å². The molecule has 0 aliphatic carbocycles. The molecule has 88 valence electrons. The van der Waals surface area contributed by atoms with E-state index in [-0.39, 0.29) is 0 Å². The quantitative estimate of drug-likeness (QED) is 0.611. The fourth-order valence-corrected chi connectivity index (χ4v) is 1.95. The molecule has 0 heteroatoms. The zero-order valence-electron chi connectivity index (χ0n) is 10.8. The van der Waals surface area contributed by atoms with Gasteiger partial charge in [-0.3, -0.25) is 0 Å². The summed E-state index contributed by atoms with van der Waals surface area (Å²) >= 11 is 0. The Hall–Kier alpha value is -1.82. The van der Waals surface area contributed by atoms with E-state index in [0.717, 1.165) is 17.6 Å². The van der Waals surface area contributed by atoms with Gasteiger partial charge in [-0.25, -0.2) is 0 Å². The average molecular weight is 224 g/mol. The first kappa shape index (κ1) is 13.2. The van der Waals surface area contributed by atoms with Crippen LogP contribution in [-0.2, 0) is 0 Å². The third-order valence-electron chi connectivity index (χ3n) is 2.97. The predicted molar refractivity (Wildman–Crippen MR) is 77.9 cm³/mol. The van der Waals surface area contributed by atoms with Crippen LogP contribution < -0.4 is 0 Å². The molecule has 0 fully saturated rings. The van der Waals surface area contributed by atoms with E-state index >= 15 is 0 Å². The predicted octanol–water partition coefficient (Wildman–Crippen LogP) is 5.09. The van der Waals surface area contributed by atoms with Crippen molar-refractivity contribution in [1.82, 2.24) is 0 Å². The Bertz CT molecular complexity index is 473. The number of hydrogen-bond acceptors (Lipinski definition) is 0. The molecule has 0 radical (unpaired) electrons. The molecular formula is C17H20. The largest absolute Gasteiger partial charge is 0.0988 e. The van der Waals surface area contributed by atoms with Crippen molar-refractivity contribution >= 4 is 5.57 Å². The molecule has 0 aliphatic rings. The second-order valence-corrected chi connectivity index (χ2v) is 3.99. The van der Waals surface area contributed by atoms with E-state index < -0.39 is 0 Å². The molecule has 0 aliphatic heterocycles. The third kappa shape index (κ3) is 2.85. The molecule has 0 amide bonds. The van der Waals surface area contributed by atoms with Crippen LogP contribution in [0.5, 0.6) is 0 Å². The summed E-state index contributed by atoms with van der Waals surface area (Å²) in [7, 11) is 0. The van der Waals surface area contributed by atoms with E-state index in [9.17, 15) is 0 Å². The molecule has 0 saturated carbocycles. The molecule has 1 rings (SSSR count). The van der Waals surface area contributed by atoms with Crippen molar-refractivity contribution in [2.75, 3.05) is 0 Å². The average Bonchev–Trinajstić information content (AvgIpc) is 2.35. The standard InChI is InChI=1S/C17H20/c1-6-15(7-2)16(8-3)14(5)17-12-10-9-11-13(17)4/h6,8-12H,1,3,5,7H2,2,4H3/b16-15+. The first-order valence-electron chi connectivity index (χ1n) is 5.89. The summed E-state index contributed by atoms with van der Waals surface area (Å²) in [5.74, 6) is 0. The van der Waals surface area contributed by atoms with Crippen LogP contribution in [0.25, 0.3) is 5.57 Å². The summed E-state index contributed by atoms with van der Waals surface area (Å²) in [4.78, 5) is 0. The van der Waals surface area contributed by atoms with Gasteiger partial charge < -0.3 is 0 Å². The van der Waals surface area contributed by atoms with E-state index in [1.807, 2.05) is 24.3 Å². The van der Waals surface area contributed by atoms with Gasteiger partial charge in [-0.2, -0.15) is 0 Å². The van der Waals surface area contributed by atoms with Crippen LogP contribution in [-0.4, -0.2) is 0 Å². The number of benzene rings is 1. The van der Waals surface area contributed by atoms with Gasteiger partial charge in [0.2, 0.25) is 0 Å². The Morgan fingerprint density at radius 1 is 1.18 bits per heavy atom. The van der Waals surface area contributed by atoms with Gasteiger partial charge >= 0.3 is 0 Å². The van der Waals surface area contributed by atoms with Crippen molar-refractivity contribution in [2.45, 2.75) is 20.3 Å². The molecule has 17 heavy (non-hydrogen) atoms. The van der Waals surface area contributed by atoms with E-state index in [1.54, 1.807) is 0 Å². The number of allylic oxidation sites excluding steroid dienone is 5. The van der Waals surface area contributed by atoms with Crippen molar-refractivity contribution in [1.29, 1.82) is 0 Å². The Kier molecular flexibility index (Phi) is 4.71. The second kappa shape index (κ2) is 6.05. The van der Waals surface area contributed by atoms with Gasteiger partial charge in [-0.05, 0) is 41.2 Å². The molecule has 0 saturated heterocycles. The summed E-state index contributed by atoms with van der Waals surface area (Å²) in [6, 6.07) is 8.27. The van der Waals surface area contributed by atoms with Crippen LogP contribution in [0.3, 0.4) is 0 Å². The smallest absolute Gasteiger partial charge is 0.0155 e. The number of rotatable bonds is 5. The monoisotopic (exact) mass is 224 g/mol. The molecule has 0 unspecified atom stereocenters. The molecule has 0 bridgehead atoms. The Labute approximate surface area is 105 Å². The van der Waals surface area contributed by atoms with Crippen LogP contribution in [0.4, 0.5) is 0 Å². The Morgan fingerprint density at radius 2 is 1.82 bits per heavy atom. The van der Waals surface area contributed by atoms with Gasteiger partial charge in [0.15, 0.2) is 0 Å². The highest BCUT2D eigenvalue weighted by Crippen LogP contribution is 2.28. The van der Waals surface area contributed by atoms with Crippen LogP contribution in [0.1, 0.15) is 24.5 Å². The van der Waals surface area contributed by atoms with Crippen molar-refractivity contribution < 1.29 is 0 Å². The third-order valence-corrected chi connectivity index (χ3v) is 2.97. The summed E-state index contributed by atoms with van der Waals surface area (Å²) in [6.07, 6.45) is 4.70. The van der Waals surface area contributed by atoms with Crippen molar-refractivity contribution in [3.8, 4) is 0 Å². The maximum absolute atomic E-state index is 4.20. The van der Waals surface area contributed by atoms with Gasteiger partial charge in [0.25, 0.3) is 0 Å². The summed E-state index contributed by atoms with van der Waals surface area (Å²) in [5.41, 5.74) is 5.71. The van der Waals surface area contributed by atoms with E-state index in [4.69, 9.17) is 0 Å². The van der Waals surface area contributed by atoms with E-state index in [2.05, 4.69) is 45.7 Å². The lowest BCUT2D eigenvalue weighted by Gasteiger charge is -2.13. The van der Waals surface area contributed by atoms with E-state index in [1.165, 1.54) is 16.7 Å². The fraction of sp³-hybridized carbons (Fsp3) is 0.176. The summed E-state index contributed by atoms with van der Waals surface area (Å²) in [5, 5.41) is 0. The van der Waals surface area contributed by atoms with Crippen LogP contribution in [0.2, 0.25) is 0 Å². The van der Waals surface area contributed by atoms with Gasteiger partial charge in [-0.15, -0.1) is 0 Å². The number of hydrogen-bond donors (Lipinski definition) is 0. The first-order chi connectivity index (χ1) is 8.15. The highest BCUT2D eigenvalue weighted by atomic mass is 14.1. The summed E-state index contributed by atoms with van der Waals surface area (Å²) in [6.45, 7) is 16.2. The van der Waals surface area contributed by atoms with Crippen LogP contribution in [0.15, 0.2) is 67.3 Å². The zero-order chi connectivity index (χ0) is 12.8. The van der Waals surface area contributed by atoms with Gasteiger partial charge in [0.05, 0.1) is 0 Å². The lowest BCUT2D eigenvalue weighted by atomic mass is 9.91. The molecule has 0 aromatic heterocycles. The SMILES string of the molecule is C=C/C(CC)=C(/C=C)C(=C)c1ccccc1C. The lowest BCUT2D eigenvalue weighted by molar-refractivity contribution is 1.14. The minimum Gasteiger partial charge on any atom is -0.0988 e. The molecule has 1 aromatic rings. The van der Waals surface area contributed by atoms with Crippen molar-refractivity contribution in [2.24, 2.45) is 0 Å².